The molecule has 272 valence electrons. The number of rotatable bonds is 11. The van der Waals surface area contributed by atoms with Gasteiger partial charge in [0.25, 0.3) is 5.91 Å². The number of ether oxygens (including phenoxy) is 1. The van der Waals surface area contributed by atoms with Crippen LogP contribution in [0, 0.1) is 17.8 Å². The van der Waals surface area contributed by atoms with Crippen LogP contribution >= 0.6 is 11.3 Å². The lowest BCUT2D eigenvalue weighted by Crippen LogP contribution is -2.51. The molecule has 2 aromatic heterocycles. The van der Waals surface area contributed by atoms with Gasteiger partial charge in [0.05, 0.1) is 12.0 Å². The lowest BCUT2D eigenvalue weighted by molar-refractivity contribution is -0.141. The van der Waals surface area contributed by atoms with Gasteiger partial charge in [0, 0.05) is 40.4 Å². The Labute approximate surface area is 309 Å². The Morgan fingerprint density at radius 2 is 1.50 bits per heavy atom. The zero-order valence-electron chi connectivity index (χ0n) is 30.6. The first-order valence-corrected chi connectivity index (χ1v) is 19.2. The van der Waals surface area contributed by atoms with Crippen LogP contribution in [0.4, 0.5) is 0 Å². The van der Waals surface area contributed by atoms with E-state index in [0.717, 1.165) is 50.6 Å². The zero-order valence-corrected chi connectivity index (χ0v) is 31.4. The van der Waals surface area contributed by atoms with Crippen LogP contribution in [0.3, 0.4) is 0 Å². The summed E-state index contributed by atoms with van der Waals surface area (Å²) in [6, 6.07) is 15.7. The van der Waals surface area contributed by atoms with Gasteiger partial charge in [-0.25, -0.2) is 9.97 Å². The fourth-order valence-electron chi connectivity index (χ4n) is 9.07. The highest BCUT2D eigenvalue weighted by atomic mass is 32.1. The minimum absolute atomic E-state index is 0.115. The molecule has 8 rings (SSSR count). The summed E-state index contributed by atoms with van der Waals surface area (Å²) in [5, 5.41) is 14.7. The van der Waals surface area contributed by atoms with E-state index in [2.05, 4.69) is 49.6 Å². The van der Waals surface area contributed by atoms with Crippen molar-refractivity contribution in [2.24, 2.45) is 17.8 Å². The maximum absolute atomic E-state index is 13.3. The van der Waals surface area contributed by atoms with Crippen molar-refractivity contribution in [3.63, 3.8) is 0 Å². The Hall–Kier alpha value is -4.57. The van der Waals surface area contributed by atoms with Crippen LogP contribution in [0.15, 0.2) is 67.0 Å². The zero-order chi connectivity index (χ0) is 36.8. The van der Waals surface area contributed by atoms with Gasteiger partial charge in [-0.05, 0) is 109 Å². The van der Waals surface area contributed by atoms with E-state index in [0.29, 0.717) is 10.7 Å². The minimum atomic E-state index is -1.16. The van der Waals surface area contributed by atoms with Gasteiger partial charge in [-0.15, -0.1) is 11.3 Å². The molecule has 52 heavy (non-hydrogen) atoms. The molecule has 0 aliphatic heterocycles. The number of methoxy groups -OCH3 is 1. The fourth-order valence-corrected chi connectivity index (χ4v) is 10.0. The van der Waals surface area contributed by atoms with Gasteiger partial charge < -0.3 is 20.5 Å². The number of carboxylic acids is 1. The second-order valence-corrected chi connectivity index (χ2v) is 17.4. The number of carbonyl (C=O) groups excluding carboxylic acids is 2. The average Bonchev–Trinajstić information content (AvgIpc) is 3.63. The first-order chi connectivity index (χ1) is 24.8. The average molecular weight is 721 g/mol. The molecule has 0 unspecified atom stereocenters. The molecule has 4 bridgehead atoms. The van der Waals surface area contributed by atoms with Crippen LogP contribution in [0.1, 0.15) is 91.9 Å². The maximum Gasteiger partial charge on any atom is 0.325 e. The number of aliphatic carboxylic acids is 1. The molecule has 4 aliphatic carbocycles. The van der Waals surface area contributed by atoms with Crippen molar-refractivity contribution in [1.82, 2.24) is 20.6 Å². The number of hydrogen-bond acceptors (Lipinski definition) is 7. The molecule has 2 aromatic carbocycles. The van der Waals surface area contributed by atoms with Crippen LogP contribution in [0.5, 0.6) is 5.75 Å². The summed E-state index contributed by atoms with van der Waals surface area (Å²) in [5.74, 6) is 1.98. The predicted octanol–water partition coefficient (Wildman–Crippen LogP) is 7.58. The molecule has 4 aliphatic rings. The molecule has 0 saturated heterocycles. The summed E-state index contributed by atoms with van der Waals surface area (Å²) < 4.78 is 5.93. The highest BCUT2D eigenvalue weighted by Crippen LogP contribution is 2.62. The molecule has 0 spiro atoms. The lowest BCUT2D eigenvalue weighted by Gasteiger charge is -2.57. The standard InChI is InChI=1S/C42H48N4O5S/c1-24(40(49)50)45-38(47)33(46-39(48)35-12-13-36(52-35)41(2,3)4)17-25-6-8-29(9-7-25)37-43-22-31(23-44-37)30-10-11-34(51-5)32(18-30)42-19-26-14-27(20-42)16-28(15-26)21-42/h6-13,18,22-24,26-28,33H,14-17,19-21H2,1-5H3,(H,45,47)(H,46,48)(H,49,50)/t24-,26?,27?,28?,33+,42?/m1/s1. The van der Waals surface area contributed by atoms with Crippen molar-refractivity contribution in [3.8, 4) is 28.3 Å². The van der Waals surface area contributed by atoms with Gasteiger partial charge >= 0.3 is 5.97 Å². The topological polar surface area (TPSA) is 131 Å². The normalized spacial score (nSPS) is 23.1. The van der Waals surface area contributed by atoms with Crippen LogP contribution in [0.2, 0.25) is 0 Å². The summed E-state index contributed by atoms with van der Waals surface area (Å²) in [6.45, 7) is 7.62. The Morgan fingerprint density at radius 1 is 0.885 bits per heavy atom. The van der Waals surface area contributed by atoms with Crippen molar-refractivity contribution in [1.29, 1.82) is 0 Å². The van der Waals surface area contributed by atoms with Crippen molar-refractivity contribution in [2.75, 3.05) is 7.11 Å². The first kappa shape index (κ1) is 35.8. The third-order valence-corrected chi connectivity index (χ3v) is 12.9. The first-order valence-electron chi connectivity index (χ1n) is 18.3. The molecule has 0 radical (unpaired) electrons. The van der Waals surface area contributed by atoms with Crippen molar-refractivity contribution in [3.05, 3.63) is 87.9 Å². The minimum Gasteiger partial charge on any atom is -0.496 e. The summed E-state index contributed by atoms with van der Waals surface area (Å²) in [4.78, 5) is 49.0. The summed E-state index contributed by atoms with van der Waals surface area (Å²) in [7, 11) is 1.78. The lowest BCUT2D eigenvalue weighted by atomic mass is 9.48. The number of carbonyl (C=O) groups is 3. The Balaban J connectivity index is 1.07. The van der Waals surface area contributed by atoms with E-state index in [-0.39, 0.29) is 23.2 Å². The van der Waals surface area contributed by atoms with Crippen molar-refractivity contribution >= 4 is 29.1 Å². The molecular weight excluding hydrogens is 673 g/mol. The van der Waals surface area contributed by atoms with E-state index in [1.165, 1.54) is 62.3 Å². The van der Waals surface area contributed by atoms with Gasteiger partial charge in [0.2, 0.25) is 5.91 Å². The Kier molecular flexibility index (Phi) is 9.71. The Bertz CT molecular complexity index is 1930. The molecule has 9 nitrogen and oxygen atoms in total. The smallest absolute Gasteiger partial charge is 0.325 e. The number of nitrogens with zero attached hydrogens (tertiary/aromatic N) is 2. The van der Waals surface area contributed by atoms with Crippen molar-refractivity contribution < 1.29 is 24.2 Å². The van der Waals surface area contributed by atoms with E-state index >= 15 is 0 Å². The van der Waals surface area contributed by atoms with E-state index in [4.69, 9.17) is 14.7 Å². The number of nitrogens with one attached hydrogen (secondary N) is 2. The fraction of sp³-hybridized carbons (Fsp3) is 0.452. The monoisotopic (exact) mass is 720 g/mol. The molecular formula is C42H48N4O5S. The quantitative estimate of drug-likeness (QED) is 0.146. The van der Waals surface area contributed by atoms with E-state index in [9.17, 15) is 19.5 Å². The SMILES string of the molecule is COc1ccc(-c2cnc(-c3ccc(C[C@H](NC(=O)c4ccc(C(C)(C)C)s4)C(=O)N[C@H](C)C(=O)O)cc3)nc2)cc1C12CC3CC(CC(C3)C1)C2. The van der Waals surface area contributed by atoms with Gasteiger partial charge in [0.15, 0.2) is 5.82 Å². The number of amides is 2. The number of aromatic nitrogens is 2. The second-order valence-electron chi connectivity index (χ2n) is 16.3. The molecule has 10 heteroatoms. The maximum atomic E-state index is 13.3. The summed E-state index contributed by atoms with van der Waals surface area (Å²) in [5.41, 5.74) is 5.09. The molecule has 3 N–H and O–H groups in total. The third-order valence-electron chi connectivity index (χ3n) is 11.4. The molecule has 4 saturated carbocycles. The molecule has 4 fully saturated rings. The van der Waals surface area contributed by atoms with Gasteiger partial charge in [-0.1, -0.05) is 51.1 Å². The molecule has 2 atom stereocenters. The largest absolute Gasteiger partial charge is 0.496 e. The van der Waals surface area contributed by atoms with E-state index < -0.39 is 24.0 Å². The van der Waals surface area contributed by atoms with Gasteiger partial charge in [0.1, 0.15) is 17.8 Å². The highest BCUT2D eigenvalue weighted by Gasteiger charge is 2.52. The molecule has 4 aromatic rings. The third kappa shape index (κ3) is 7.35. The van der Waals surface area contributed by atoms with Gasteiger partial charge in [-0.3, -0.25) is 14.4 Å². The highest BCUT2D eigenvalue weighted by molar-refractivity contribution is 7.14. The summed E-state index contributed by atoms with van der Waals surface area (Å²) >= 11 is 1.38. The molecule has 2 amide bonds. The number of thiophene rings is 1. The van der Waals surface area contributed by atoms with Crippen molar-refractivity contribution in [2.45, 2.75) is 95.6 Å². The van der Waals surface area contributed by atoms with Gasteiger partial charge in [-0.2, -0.15) is 0 Å². The molecule has 2 heterocycles. The summed E-state index contributed by atoms with van der Waals surface area (Å²) in [6.07, 6.45) is 11.9. The van der Waals surface area contributed by atoms with E-state index in [1.54, 1.807) is 13.2 Å². The van der Waals surface area contributed by atoms with E-state index in [1.807, 2.05) is 42.7 Å². The predicted molar refractivity (Wildman–Crippen MR) is 203 cm³/mol. The number of benzene rings is 2. The van der Waals surface area contributed by atoms with Crippen LogP contribution in [-0.2, 0) is 26.8 Å². The van der Waals surface area contributed by atoms with Crippen LogP contribution in [-0.4, -0.2) is 52.1 Å². The Morgan fingerprint density at radius 3 is 2.06 bits per heavy atom. The second kappa shape index (κ2) is 14.1. The number of carboxylic acid groups (broad SMARTS) is 1. The number of hydrogen-bond donors (Lipinski definition) is 3. The van der Waals surface area contributed by atoms with Crippen LogP contribution in [0.25, 0.3) is 22.5 Å². The van der Waals surface area contributed by atoms with Crippen LogP contribution < -0.4 is 15.4 Å².